The van der Waals surface area contributed by atoms with Crippen LogP contribution in [0, 0.1) is 0 Å². The molecule has 0 saturated carbocycles. The van der Waals surface area contributed by atoms with Crippen LogP contribution in [0.15, 0.2) is 18.5 Å². The summed E-state index contributed by atoms with van der Waals surface area (Å²) in [5.41, 5.74) is 0. The Hall–Kier alpha value is -0.870. The maximum absolute atomic E-state index is 9.05. The van der Waals surface area contributed by atoms with Crippen molar-refractivity contribution in [1.82, 2.24) is 15.1 Å². The van der Waals surface area contributed by atoms with Crippen molar-refractivity contribution in [2.24, 2.45) is 0 Å². The SMILES string of the molecule is CCCNC(CO)Cn1cccn1. The molecule has 1 rings (SSSR count). The third-order valence-electron chi connectivity index (χ3n) is 1.87. The highest BCUT2D eigenvalue weighted by Gasteiger charge is 2.05. The number of nitrogens with one attached hydrogen (secondary N) is 1. The van der Waals surface area contributed by atoms with Crippen molar-refractivity contribution in [1.29, 1.82) is 0 Å². The van der Waals surface area contributed by atoms with Crippen LogP contribution in [0.4, 0.5) is 0 Å². The van der Waals surface area contributed by atoms with Gasteiger partial charge >= 0.3 is 0 Å². The molecule has 13 heavy (non-hydrogen) atoms. The van der Waals surface area contributed by atoms with Gasteiger partial charge in [0.2, 0.25) is 0 Å². The van der Waals surface area contributed by atoms with E-state index >= 15 is 0 Å². The predicted molar refractivity (Wildman–Crippen MR) is 51.4 cm³/mol. The highest BCUT2D eigenvalue weighted by Crippen LogP contribution is 1.90. The molecule has 74 valence electrons. The fourth-order valence-electron chi connectivity index (χ4n) is 1.17. The summed E-state index contributed by atoms with van der Waals surface area (Å²) < 4.78 is 1.82. The van der Waals surface area contributed by atoms with Crippen molar-refractivity contribution in [3.63, 3.8) is 0 Å². The molecular weight excluding hydrogens is 166 g/mol. The van der Waals surface area contributed by atoms with E-state index in [1.807, 2.05) is 16.9 Å². The number of aliphatic hydroxyl groups is 1. The smallest absolute Gasteiger partial charge is 0.0602 e. The van der Waals surface area contributed by atoms with Crippen LogP contribution < -0.4 is 5.32 Å². The number of aromatic nitrogens is 2. The van der Waals surface area contributed by atoms with E-state index < -0.39 is 0 Å². The Kier molecular flexibility index (Phi) is 4.49. The quantitative estimate of drug-likeness (QED) is 0.664. The molecule has 0 radical (unpaired) electrons. The predicted octanol–water partition coefficient (Wildman–Crippen LogP) is 0.244. The van der Waals surface area contributed by atoms with E-state index in [1.54, 1.807) is 6.20 Å². The number of hydrogen-bond donors (Lipinski definition) is 2. The first-order valence-corrected chi connectivity index (χ1v) is 4.68. The van der Waals surface area contributed by atoms with Crippen LogP contribution in [0.3, 0.4) is 0 Å². The number of hydrogen-bond acceptors (Lipinski definition) is 3. The summed E-state index contributed by atoms with van der Waals surface area (Å²) >= 11 is 0. The van der Waals surface area contributed by atoms with Crippen molar-refractivity contribution in [2.75, 3.05) is 13.2 Å². The average Bonchev–Trinajstić information content (AvgIpc) is 2.64. The molecule has 1 atom stereocenters. The van der Waals surface area contributed by atoms with Gasteiger partial charge in [-0.2, -0.15) is 5.10 Å². The van der Waals surface area contributed by atoms with Crippen LogP contribution in [0.5, 0.6) is 0 Å². The standard InChI is InChI=1S/C9H17N3O/c1-2-4-10-9(8-13)7-12-6-3-5-11-12/h3,5-6,9-10,13H,2,4,7-8H2,1H3. The van der Waals surface area contributed by atoms with Crippen LogP contribution in [-0.2, 0) is 6.54 Å². The van der Waals surface area contributed by atoms with Gasteiger partial charge in [0.05, 0.1) is 13.2 Å². The fourth-order valence-corrected chi connectivity index (χ4v) is 1.17. The summed E-state index contributed by atoms with van der Waals surface area (Å²) in [5, 5.41) is 16.4. The van der Waals surface area contributed by atoms with E-state index in [9.17, 15) is 0 Å². The Morgan fingerprint density at radius 3 is 3.00 bits per heavy atom. The molecule has 1 aromatic rings. The third-order valence-corrected chi connectivity index (χ3v) is 1.87. The van der Waals surface area contributed by atoms with Crippen LogP contribution in [0.1, 0.15) is 13.3 Å². The van der Waals surface area contributed by atoms with Crippen LogP contribution >= 0.6 is 0 Å². The maximum atomic E-state index is 9.05. The lowest BCUT2D eigenvalue weighted by atomic mass is 10.3. The summed E-state index contributed by atoms with van der Waals surface area (Å²) in [4.78, 5) is 0. The second kappa shape index (κ2) is 5.72. The molecule has 0 bridgehead atoms. The van der Waals surface area contributed by atoms with E-state index in [1.165, 1.54) is 0 Å². The van der Waals surface area contributed by atoms with E-state index in [-0.39, 0.29) is 12.6 Å². The lowest BCUT2D eigenvalue weighted by Crippen LogP contribution is -2.36. The summed E-state index contributed by atoms with van der Waals surface area (Å²) in [6, 6.07) is 1.99. The maximum Gasteiger partial charge on any atom is 0.0602 e. The Labute approximate surface area is 78.6 Å². The van der Waals surface area contributed by atoms with Gasteiger partial charge in [-0.3, -0.25) is 4.68 Å². The summed E-state index contributed by atoms with van der Waals surface area (Å²) in [5.74, 6) is 0. The zero-order valence-corrected chi connectivity index (χ0v) is 7.98. The van der Waals surface area contributed by atoms with Crippen molar-refractivity contribution in [2.45, 2.75) is 25.9 Å². The third kappa shape index (κ3) is 3.57. The van der Waals surface area contributed by atoms with E-state index in [2.05, 4.69) is 17.3 Å². The molecule has 1 heterocycles. The van der Waals surface area contributed by atoms with Gasteiger partial charge in [-0.25, -0.2) is 0 Å². The highest BCUT2D eigenvalue weighted by molar-refractivity contribution is 4.79. The first-order valence-electron chi connectivity index (χ1n) is 4.68. The van der Waals surface area contributed by atoms with Crippen molar-refractivity contribution < 1.29 is 5.11 Å². The van der Waals surface area contributed by atoms with E-state index in [0.29, 0.717) is 0 Å². The first kappa shape index (κ1) is 10.2. The number of aliphatic hydroxyl groups excluding tert-OH is 1. The molecule has 0 amide bonds. The Bertz CT molecular complexity index is 211. The minimum Gasteiger partial charge on any atom is -0.395 e. The molecule has 4 heteroatoms. The zero-order valence-electron chi connectivity index (χ0n) is 7.98. The zero-order chi connectivity index (χ0) is 9.52. The van der Waals surface area contributed by atoms with Crippen LogP contribution in [0.2, 0.25) is 0 Å². The fraction of sp³-hybridized carbons (Fsp3) is 0.667. The van der Waals surface area contributed by atoms with Gasteiger partial charge in [-0.1, -0.05) is 6.92 Å². The largest absolute Gasteiger partial charge is 0.395 e. The first-order chi connectivity index (χ1) is 6.36. The molecule has 2 N–H and O–H groups in total. The van der Waals surface area contributed by atoms with Gasteiger partial charge in [0.25, 0.3) is 0 Å². The van der Waals surface area contributed by atoms with Gasteiger partial charge in [0.15, 0.2) is 0 Å². The Morgan fingerprint density at radius 1 is 1.62 bits per heavy atom. The van der Waals surface area contributed by atoms with Gasteiger partial charge in [0, 0.05) is 18.4 Å². The van der Waals surface area contributed by atoms with Crippen molar-refractivity contribution in [3.8, 4) is 0 Å². The molecular formula is C9H17N3O. The average molecular weight is 183 g/mol. The normalized spacial score (nSPS) is 13.1. The Balaban J connectivity index is 2.31. The van der Waals surface area contributed by atoms with E-state index in [0.717, 1.165) is 19.5 Å². The molecule has 0 aliphatic rings. The minimum atomic E-state index is 0.111. The van der Waals surface area contributed by atoms with Crippen LogP contribution in [-0.4, -0.2) is 34.1 Å². The number of rotatable bonds is 6. The molecule has 0 aliphatic carbocycles. The lowest BCUT2D eigenvalue weighted by Gasteiger charge is -2.15. The molecule has 0 aliphatic heterocycles. The molecule has 0 spiro atoms. The summed E-state index contributed by atoms with van der Waals surface area (Å²) in [7, 11) is 0. The van der Waals surface area contributed by atoms with Crippen molar-refractivity contribution >= 4 is 0 Å². The van der Waals surface area contributed by atoms with Gasteiger partial charge in [-0.05, 0) is 19.0 Å². The van der Waals surface area contributed by atoms with E-state index in [4.69, 9.17) is 5.11 Å². The van der Waals surface area contributed by atoms with Gasteiger partial charge in [-0.15, -0.1) is 0 Å². The molecule has 1 aromatic heterocycles. The molecule has 4 nitrogen and oxygen atoms in total. The highest BCUT2D eigenvalue weighted by atomic mass is 16.3. The topological polar surface area (TPSA) is 50.1 Å². The summed E-state index contributed by atoms with van der Waals surface area (Å²) in [6.07, 6.45) is 4.72. The monoisotopic (exact) mass is 183 g/mol. The summed E-state index contributed by atoms with van der Waals surface area (Å²) in [6.45, 7) is 3.92. The second-order valence-corrected chi connectivity index (χ2v) is 3.06. The van der Waals surface area contributed by atoms with Gasteiger partial charge < -0.3 is 10.4 Å². The molecule has 0 fully saturated rings. The second-order valence-electron chi connectivity index (χ2n) is 3.06. The molecule has 0 aromatic carbocycles. The Morgan fingerprint density at radius 2 is 2.46 bits per heavy atom. The molecule has 0 saturated heterocycles. The molecule has 1 unspecified atom stereocenters. The van der Waals surface area contributed by atoms with Crippen LogP contribution in [0.25, 0.3) is 0 Å². The lowest BCUT2D eigenvalue weighted by molar-refractivity contribution is 0.225. The minimum absolute atomic E-state index is 0.111. The van der Waals surface area contributed by atoms with Crippen molar-refractivity contribution in [3.05, 3.63) is 18.5 Å². The van der Waals surface area contributed by atoms with Gasteiger partial charge in [0.1, 0.15) is 0 Å². The number of nitrogens with zero attached hydrogens (tertiary/aromatic N) is 2.